The first-order valence-electron chi connectivity index (χ1n) is 9.63. The van der Waals surface area contributed by atoms with Crippen molar-refractivity contribution in [3.8, 4) is 0 Å². The van der Waals surface area contributed by atoms with Crippen molar-refractivity contribution >= 4 is 11.8 Å². The summed E-state index contributed by atoms with van der Waals surface area (Å²) in [6.07, 6.45) is 8.21. The van der Waals surface area contributed by atoms with Gasteiger partial charge < -0.3 is 14.3 Å². The lowest BCUT2D eigenvalue weighted by Gasteiger charge is -2.26. The van der Waals surface area contributed by atoms with Crippen LogP contribution >= 0.6 is 0 Å². The van der Waals surface area contributed by atoms with Gasteiger partial charge in [-0.3, -0.25) is 9.59 Å². The number of rotatable bonds is 5. The summed E-state index contributed by atoms with van der Waals surface area (Å²) in [5, 5.41) is 4.10. The molecule has 0 bridgehead atoms. The molecule has 1 aliphatic carbocycles. The molecule has 1 saturated carbocycles. The number of likely N-dealkylation sites (tertiary alicyclic amines) is 2. The highest BCUT2D eigenvalue weighted by molar-refractivity contribution is 5.81. The predicted molar refractivity (Wildman–Crippen MR) is 89.5 cm³/mol. The Kier molecular flexibility index (Phi) is 4.72. The smallest absolute Gasteiger partial charge is 0.227 e. The lowest BCUT2D eigenvalue weighted by Crippen LogP contribution is -2.35. The summed E-state index contributed by atoms with van der Waals surface area (Å²) in [7, 11) is 0. The van der Waals surface area contributed by atoms with Gasteiger partial charge in [0.2, 0.25) is 17.7 Å². The third-order valence-corrected chi connectivity index (χ3v) is 5.51. The van der Waals surface area contributed by atoms with E-state index in [1.807, 2.05) is 9.80 Å². The maximum Gasteiger partial charge on any atom is 0.227 e. The van der Waals surface area contributed by atoms with Crippen LogP contribution in [0.4, 0.5) is 0 Å². The largest absolute Gasteiger partial charge is 0.343 e. The summed E-state index contributed by atoms with van der Waals surface area (Å²) < 4.78 is 5.35. The van der Waals surface area contributed by atoms with Crippen molar-refractivity contribution in [1.29, 1.82) is 0 Å². The summed E-state index contributed by atoms with van der Waals surface area (Å²) >= 11 is 0. The molecule has 1 unspecified atom stereocenters. The molecule has 4 rings (SSSR count). The van der Waals surface area contributed by atoms with E-state index in [9.17, 15) is 9.59 Å². The quantitative estimate of drug-likeness (QED) is 0.815. The summed E-state index contributed by atoms with van der Waals surface area (Å²) in [6.45, 7) is 2.53. The summed E-state index contributed by atoms with van der Waals surface area (Å²) in [5.74, 6) is 1.74. The lowest BCUT2D eigenvalue weighted by molar-refractivity contribution is -0.134. The van der Waals surface area contributed by atoms with Gasteiger partial charge in [-0.2, -0.15) is 4.98 Å². The second-order valence-corrected chi connectivity index (χ2v) is 7.45. The van der Waals surface area contributed by atoms with Crippen molar-refractivity contribution in [2.24, 2.45) is 5.92 Å². The Morgan fingerprint density at radius 2 is 1.84 bits per heavy atom. The second-order valence-electron chi connectivity index (χ2n) is 7.45. The summed E-state index contributed by atoms with van der Waals surface area (Å²) in [5.41, 5.74) is 0. The zero-order valence-electron chi connectivity index (χ0n) is 14.7. The van der Waals surface area contributed by atoms with Crippen LogP contribution < -0.4 is 0 Å². The molecule has 1 atom stereocenters. The Balaban J connectivity index is 1.33. The first kappa shape index (κ1) is 16.5. The lowest BCUT2D eigenvalue weighted by atomic mass is 10.1. The van der Waals surface area contributed by atoms with Gasteiger partial charge in [-0.05, 0) is 44.9 Å². The molecule has 3 aliphatic rings. The molecular weight excluding hydrogens is 320 g/mol. The molecule has 0 spiro atoms. The molecule has 0 N–H and O–H groups in total. The number of hydrogen-bond acceptors (Lipinski definition) is 5. The summed E-state index contributed by atoms with van der Waals surface area (Å²) in [6, 6.07) is -0.0524. The Morgan fingerprint density at radius 3 is 2.60 bits per heavy atom. The van der Waals surface area contributed by atoms with Gasteiger partial charge in [0, 0.05) is 38.4 Å². The fourth-order valence-corrected chi connectivity index (χ4v) is 3.88. The van der Waals surface area contributed by atoms with Crippen LogP contribution in [-0.2, 0) is 16.0 Å². The number of nitrogens with zero attached hydrogens (tertiary/aromatic N) is 4. The molecule has 0 aromatic carbocycles. The van der Waals surface area contributed by atoms with E-state index in [1.165, 1.54) is 6.42 Å². The standard InChI is InChI=1S/C18H26N4O3/c23-16(21-10-2-1-3-11-21)9-8-15-19-17(20-25-15)14-5-4-12-22(14)18(24)13-6-7-13/h13-14H,1-12H2. The highest BCUT2D eigenvalue weighted by atomic mass is 16.5. The van der Waals surface area contributed by atoms with Gasteiger partial charge in [0.05, 0.1) is 6.04 Å². The Hall–Kier alpha value is -1.92. The number of aromatic nitrogens is 2. The molecule has 25 heavy (non-hydrogen) atoms. The zero-order chi connectivity index (χ0) is 17.2. The van der Waals surface area contributed by atoms with Crippen molar-refractivity contribution in [2.75, 3.05) is 19.6 Å². The van der Waals surface area contributed by atoms with Gasteiger partial charge >= 0.3 is 0 Å². The SMILES string of the molecule is O=C(CCc1nc(C2CCCN2C(=O)C2CC2)no1)N1CCCCC1. The number of carbonyl (C=O) groups excluding carboxylic acids is 2. The number of piperidine rings is 1. The molecule has 0 radical (unpaired) electrons. The van der Waals surface area contributed by atoms with Crippen molar-refractivity contribution in [3.63, 3.8) is 0 Å². The first-order chi connectivity index (χ1) is 12.2. The van der Waals surface area contributed by atoms with Crippen molar-refractivity contribution in [2.45, 2.75) is 63.8 Å². The van der Waals surface area contributed by atoms with Crippen molar-refractivity contribution in [3.05, 3.63) is 11.7 Å². The molecule has 1 aromatic rings. The predicted octanol–water partition coefficient (Wildman–Crippen LogP) is 2.09. The third-order valence-electron chi connectivity index (χ3n) is 5.51. The van der Waals surface area contributed by atoms with Gasteiger partial charge in [-0.1, -0.05) is 5.16 Å². The van der Waals surface area contributed by atoms with Gasteiger partial charge in [0.15, 0.2) is 5.82 Å². The third kappa shape index (κ3) is 3.70. The highest BCUT2D eigenvalue weighted by Gasteiger charge is 2.40. The molecule has 3 heterocycles. The highest BCUT2D eigenvalue weighted by Crippen LogP contribution is 2.37. The van der Waals surface area contributed by atoms with Crippen LogP contribution in [0.25, 0.3) is 0 Å². The Morgan fingerprint density at radius 1 is 1.04 bits per heavy atom. The molecular formula is C18H26N4O3. The average Bonchev–Trinajstić information content (AvgIpc) is 3.19. The maximum absolute atomic E-state index is 12.4. The van der Waals surface area contributed by atoms with E-state index in [2.05, 4.69) is 10.1 Å². The Labute approximate surface area is 147 Å². The molecule has 7 nitrogen and oxygen atoms in total. The molecule has 2 aliphatic heterocycles. The van der Waals surface area contributed by atoms with E-state index in [4.69, 9.17) is 4.52 Å². The van der Waals surface area contributed by atoms with E-state index >= 15 is 0 Å². The van der Waals surface area contributed by atoms with Gasteiger partial charge in [0.25, 0.3) is 0 Å². The van der Waals surface area contributed by atoms with Crippen LogP contribution in [0.2, 0.25) is 0 Å². The Bertz CT molecular complexity index is 634. The minimum Gasteiger partial charge on any atom is -0.343 e. The number of carbonyl (C=O) groups is 2. The fraction of sp³-hybridized carbons (Fsp3) is 0.778. The molecule has 7 heteroatoms. The molecule has 3 fully saturated rings. The number of amides is 2. The van der Waals surface area contributed by atoms with Crippen LogP contribution in [0.15, 0.2) is 4.52 Å². The minimum absolute atomic E-state index is 0.0524. The normalized spacial score (nSPS) is 23.9. The van der Waals surface area contributed by atoms with Crippen LogP contribution in [-0.4, -0.2) is 51.4 Å². The van der Waals surface area contributed by atoms with Crippen molar-refractivity contribution < 1.29 is 14.1 Å². The van der Waals surface area contributed by atoms with Gasteiger partial charge in [-0.25, -0.2) is 0 Å². The summed E-state index contributed by atoms with van der Waals surface area (Å²) in [4.78, 5) is 33.0. The van der Waals surface area contributed by atoms with Crippen LogP contribution in [0.5, 0.6) is 0 Å². The van der Waals surface area contributed by atoms with Gasteiger partial charge in [-0.15, -0.1) is 0 Å². The van der Waals surface area contributed by atoms with Crippen LogP contribution in [0.3, 0.4) is 0 Å². The van der Waals surface area contributed by atoms with E-state index < -0.39 is 0 Å². The van der Waals surface area contributed by atoms with E-state index in [-0.39, 0.29) is 23.8 Å². The van der Waals surface area contributed by atoms with E-state index in [1.54, 1.807) is 0 Å². The second kappa shape index (κ2) is 7.14. The van der Waals surface area contributed by atoms with E-state index in [0.29, 0.717) is 24.6 Å². The molecule has 2 amide bonds. The van der Waals surface area contributed by atoms with E-state index in [0.717, 1.165) is 58.2 Å². The minimum atomic E-state index is -0.0524. The molecule has 136 valence electrons. The van der Waals surface area contributed by atoms with Crippen LogP contribution in [0.1, 0.15) is 69.1 Å². The first-order valence-corrected chi connectivity index (χ1v) is 9.63. The maximum atomic E-state index is 12.4. The van der Waals surface area contributed by atoms with Crippen LogP contribution in [0, 0.1) is 5.92 Å². The zero-order valence-corrected chi connectivity index (χ0v) is 14.7. The molecule has 2 saturated heterocycles. The fourth-order valence-electron chi connectivity index (χ4n) is 3.88. The number of hydrogen-bond donors (Lipinski definition) is 0. The monoisotopic (exact) mass is 346 g/mol. The topological polar surface area (TPSA) is 79.5 Å². The average molecular weight is 346 g/mol. The van der Waals surface area contributed by atoms with Crippen molar-refractivity contribution in [1.82, 2.24) is 19.9 Å². The molecule has 1 aromatic heterocycles. The van der Waals surface area contributed by atoms with Gasteiger partial charge in [0.1, 0.15) is 0 Å². The number of aryl methyl sites for hydroxylation is 1.